The Morgan fingerprint density at radius 2 is 1.55 bits per heavy atom. The maximum atomic E-state index is 4.04. The monoisotopic (exact) mass is 239 g/mol. The third kappa shape index (κ3) is 3.19. The van der Waals surface area contributed by atoms with E-state index in [1.165, 1.54) is 5.56 Å². The van der Waals surface area contributed by atoms with Crippen molar-refractivity contribution in [2.75, 3.05) is 0 Å². The van der Waals surface area contributed by atoms with E-state index in [2.05, 4.69) is 32.9 Å². The van der Waals surface area contributed by atoms with Gasteiger partial charge in [-0.2, -0.15) is 0 Å². The summed E-state index contributed by atoms with van der Waals surface area (Å²) in [5, 5.41) is 0. The predicted octanol–water partition coefficient (Wildman–Crippen LogP) is 2.80. The minimum atomic E-state index is 0. The molecule has 0 aromatic heterocycles. The summed E-state index contributed by atoms with van der Waals surface area (Å²) in [4.78, 5) is 0. The second kappa shape index (κ2) is 4.05. The molecule has 1 aromatic carbocycles. The molecule has 0 nitrogen and oxygen atoms in total. The van der Waals surface area contributed by atoms with Crippen LogP contribution in [0.3, 0.4) is 0 Å². The molecule has 1 heteroatoms. The van der Waals surface area contributed by atoms with Gasteiger partial charge in [-0.15, -0.1) is 5.41 Å². The molecular formula is C10H13Pd-. The Morgan fingerprint density at radius 1 is 1.09 bits per heavy atom. The Balaban J connectivity index is 0.000001000. The molecule has 0 unspecified atom stereocenters. The molecule has 0 aliphatic heterocycles. The largest absolute Gasteiger partial charge is 0.333 e. The first-order valence-corrected chi connectivity index (χ1v) is 3.51. The molecule has 0 amide bonds. The van der Waals surface area contributed by atoms with Crippen molar-refractivity contribution >= 4 is 0 Å². The van der Waals surface area contributed by atoms with Crippen molar-refractivity contribution in [1.29, 1.82) is 0 Å². The quantitative estimate of drug-likeness (QED) is 0.522. The Morgan fingerprint density at radius 3 is 1.82 bits per heavy atom. The number of rotatable bonds is 1. The molecule has 1 rings (SSSR count). The molecule has 0 radical (unpaired) electrons. The van der Waals surface area contributed by atoms with Crippen LogP contribution in [-0.2, 0) is 25.8 Å². The first-order chi connectivity index (χ1) is 4.61. The summed E-state index contributed by atoms with van der Waals surface area (Å²) in [6, 6.07) is 10.3. The van der Waals surface area contributed by atoms with Crippen LogP contribution in [0.25, 0.3) is 0 Å². The van der Waals surface area contributed by atoms with Gasteiger partial charge in [-0.05, 0) is 0 Å². The smallest absolute Gasteiger partial charge is 0 e. The summed E-state index contributed by atoms with van der Waals surface area (Å²) in [6.07, 6.45) is 0. The molecule has 0 heterocycles. The van der Waals surface area contributed by atoms with Gasteiger partial charge in [0.25, 0.3) is 0 Å². The molecule has 1 aromatic rings. The van der Waals surface area contributed by atoms with Crippen molar-refractivity contribution in [3.8, 4) is 0 Å². The maximum absolute atomic E-state index is 4.04. The second-order valence-electron chi connectivity index (χ2n) is 3.25. The zero-order valence-electron chi connectivity index (χ0n) is 6.91. The minimum absolute atomic E-state index is 0. The van der Waals surface area contributed by atoms with Crippen molar-refractivity contribution in [3.05, 3.63) is 42.8 Å². The van der Waals surface area contributed by atoms with E-state index in [0.717, 1.165) is 0 Å². The van der Waals surface area contributed by atoms with Crippen LogP contribution in [0.4, 0.5) is 0 Å². The van der Waals surface area contributed by atoms with E-state index in [1.54, 1.807) is 0 Å². The van der Waals surface area contributed by atoms with Crippen molar-refractivity contribution in [3.63, 3.8) is 0 Å². The summed E-state index contributed by atoms with van der Waals surface area (Å²) < 4.78 is 0. The molecule has 11 heavy (non-hydrogen) atoms. The summed E-state index contributed by atoms with van der Waals surface area (Å²) in [6.45, 7) is 8.27. The third-order valence-electron chi connectivity index (χ3n) is 1.56. The molecule has 0 aliphatic carbocycles. The van der Waals surface area contributed by atoms with Crippen LogP contribution >= 0.6 is 0 Å². The first kappa shape index (κ1) is 10.9. The molecule has 0 saturated heterocycles. The fourth-order valence-electron chi connectivity index (χ4n) is 0.889. The Labute approximate surface area is 82.7 Å². The SMILES string of the molecule is [CH2-]C(C)(C)c1ccccc1.[Pd]. The minimum Gasteiger partial charge on any atom is -0.333 e. The van der Waals surface area contributed by atoms with E-state index in [0.29, 0.717) is 0 Å². The summed E-state index contributed by atoms with van der Waals surface area (Å²) >= 11 is 0. The molecule has 0 spiro atoms. The van der Waals surface area contributed by atoms with E-state index in [4.69, 9.17) is 0 Å². The van der Waals surface area contributed by atoms with Gasteiger partial charge in [-0.25, -0.2) is 0 Å². The van der Waals surface area contributed by atoms with Gasteiger partial charge in [-0.3, -0.25) is 0 Å². The zero-order chi connectivity index (χ0) is 7.61. The van der Waals surface area contributed by atoms with Crippen LogP contribution in [0.5, 0.6) is 0 Å². The fourth-order valence-corrected chi connectivity index (χ4v) is 0.889. The number of hydrogen-bond donors (Lipinski definition) is 0. The van der Waals surface area contributed by atoms with Crippen molar-refractivity contribution in [2.24, 2.45) is 0 Å². The molecule has 0 fully saturated rings. The van der Waals surface area contributed by atoms with Gasteiger partial charge >= 0.3 is 0 Å². The molecule has 0 N–H and O–H groups in total. The van der Waals surface area contributed by atoms with Crippen LogP contribution in [0.2, 0.25) is 0 Å². The zero-order valence-corrected chi connectivity index (χ0v) is 8.46. The van der Waals surface area contributed by atoms with Gasteiger partial charge in [-0.1, -0.05) is 49.7 Å². The van der Waals surface area contributed by atoms with Crippen molar-refractivity contribution in [1.82, 2.24) is 0 Å². The van der Waals surface area contributed by atoms with Gasteiger partial charge in [0.15, 0.2) is 0 Å². The van der Waals surface area contributed by atoms with E-state index in [9.17, 15) is 0 Å². The van der Waals surface area contributed by atoms with Gasteiger partial charge in [0, 0.05) is 20.4 Å². The van der Waals surface area contributed by atoms with Crippen LogP contribution in [-0.4, -0.2) is 0 Å². The van der Waals surface area contributed by atoms with Crippen LogP contribution in [0.1, 0.15) is 19.4 Å². The summed E-state index contributed by atoms with van der Waals surface area (Å²) in [7, 11) is 0. The predicted molar refractivity (Wildman–Crippen MR) is 44.8 cm³/mol. The van der Waals surface area contributed by atoms with Gasteiger partial charge < -0.3 is 6.92 Å². The van der Waals surface area contributed by atoms with Gasteiger partial charge in [0.2, 0.25) is 0 Å². The van der Waals surface area contributed by atoms with E-state index in [1.807, 2.05) is 18.2 Å². The molecule has 0 bridgehead atoms. The van der Waals surface area contributed by atoms with Crippen LogP contribution in [0, 0.1) is 6.92 Å². The fraction of sp³-hybridized carbons (Fsp3) is 0.300. The average Bonchev–Trinajstić information content (AvgIpc) is 1.88. The van der Waals surface area contributed by atoms with Crippen LogP contribution < -0.4 is 0 Å². The Kier molecular flexibility index (Phi) is 4.00. The molecule has 0 saturated carbocycles. The van der Waals surface area contributed by atoms with E-state index >= 15 is 0 Å². The average molecular weight is 240 g/mol. The number of hydrogen-bond acceptors (Lipinski definition) is 0. The van der Waals surface area contributed by atoms with Crippen LogP contribution in [0.15, 0.2) is 30.3 Å². The van der Waals surface area contributed by atoms with Gasteiger partial charge in [0.05, 0.1) is 0 Å². The molecular weight excluding hydrogens is 227 g/mol. The first-order valence-electron chi connectivity index (χ1n) is 3.51. The maximum Gasteiger partial charge on any atom is 0 e. The molecule has 64 valence electrons. The number of benzene rings is 1. The van der Waals surface area contributed by atoms with Gasteiger partial charge in [0.1, 0.15) is 0 Å². The molecule has 0 atom stereocenters. The Bertz CT molecular complexity index is 196. The molecule has 0 aliphatic rings. The van der Waals surface area contributed by atoms with Crippen molar-refractivity contribution in [2.45, 2.75) is 19.3 Å². The standard InChI is InChI=1S/C10H13.Pd/c1-10(2,3)9-7-5-4-6-8-9;/h4-8H,1H2,2-3H3;/q-1;. The summed E-state index contributed by atoms with van der Waals surface area (Å²) in [5.41, 5.74) is 1.33. The Hall–Kier alpha value is -0.118. The van der Waals surface area contributed by atoms with Crippen molar-refractivity contribution < 1.29 is 20.4 Å². The normalized spacial score (nSPS) is 10.5. The third-order valence-corrected chi connectivity index (χ3v) is 1.56. The van der Waals surface area contributed by atoms with E-state index < -0.39 is 0 Å². The van der Waals surface area contributed by atoms with E-state index in [-0.39, 0.29) is 25.8 Å². The topological polar surface area (TPSA) is 0 Å². The second-order valence-corrected chi connectivity index (χ2v) is 3.25. The summed E-state index contributed by atoms with van der Waals surface area (Å²) in [5.74, 6) is 0.